The fourth-order valence-corrected chi connectivity index (χ4v) is 2.95. The summed E-state index contributed by atoms with van der Waals surface area (Å²) in [7, 11) is 0. The topological polar surface area (TPSA) is 29.5 Å². The van der Waals surface area contributed by atoms with Crippen molar-refractivity contribution in [2.24, 2.45) is 0 Å². The van der Waals surface area contributed by atoms with Crippen LogP contribution in [0.2, 0.25) is 0 Å². The minimum Gasteiger partial charge on any atom is -1.00 e. The van der Waals surface area contributed by atoms with Gasteiger partial charge in [-0.25, -0.2) is 0 Å². The molecule has 0 bridgehead atoms. The third-order valence-corrected chi connectivity index (χ3v) is 4.56. The molecule has 0 aliphatic heterocycles. The Morgan fingerprint density at radius 2 is 1.00 bits per heavy atom. The molecule has 0 aliphatic rings. The van der Waals surface area contributed by atoms with Gasteiger partial charge in [0.1, 0.15) is 0 Å². The molecule has 4 heteroatoms. The Kier molecular flexibility index (Phi) is 33.9. The van der Waals surface area contributed by atoms with E-state index in [-0.39, 0.29) is 42.0 Å². The first kappa shape index (κ1) is 30.9. The predicted octanol–water partition coefficient (Wildman–Crippen LogP) is 0.815. The van der Waals surface area contributed by atoms with Crippen LogP contribution in [0.3, 0.4) is 0 Å². The zero-order valence-electron chi connectivity index (χ0n) is 17.2. The van der Waals surface area contributed by atoms with Gasteiger partial charge in [-0.15, -0.1) is 0 Å². The fourth-order valence-electron chi connectivity index (χ4n) is 2.95. The van der Waals surface area contributed by atoms with E-state index in [1.807, 2.05) is 0 Å². The normalized spacial score (nSPS) is 11.6. The van der Waals surface area contributed by atoms with E-state index in [0.717, 1.165) is 6.42 Å². The van der Waals surface area contributed by atoms with Gasteiger partial charge in [-0.05, 0) is 19.8 Å². The average Bonchev–Trinajstić information content (AvgIpc) is 2.57. The van der Waals surface area contributed by atoms with Crippen LogP contribution in [0, 0.1) is 6.92 Å². The first-order valence-electron chi connectivity index (χ1n) is 10.4. The molecule has 1 unspecified atom stereocenters. The van der Waals surface area contributed by atoms with Crippen LogP contribution < -0.4 is 42.0 Å². The quantitative estimate of drug-likeness (QED) is 0.202. The second kappa shape index (κ2) is 27.4. The van der Waals surface area contributed by atoms with Crippen molar-refractivity contribution in [3.63, 3.8) is 0 Å². The van der Waals surface area contributed by atoms with Crippen molar-refractivity contribution < 1.29 is 51.8 Å². The SMILES string of the molecule is [CH2]CC(O)OCCCCCCCCCCCCCCCCCC.[Cl-].[Na+]. The second-order valence-corrected chi connectivity index (χ2v) is 6.92. The van der Waals surface area contributed by atoms with Crippen molar-refractivity contribution in [1.29, 1.82) is 0 Å². The number of halogens is 1. The van der Waals surface area contributed by atoms with Crippen LogP contribution in [0.4, 0.5) is 0 Å². The maximum atomic E-state index is 9.20. The van der Waals surface area contributed by atoms with E-state index in [1.54, 1.807) is 0 Å². The zero-order valence-corrected chi connectivity index (χ0v) is 20.0. The molecule has 0 rings (SSSR count). The second-order valence-electron chi connectivity index (χ2n) is 6.92. The van der Waals surface area contributed by atoms with Gasteiger partial charge in [0.05, 0.1) is 0 Å². The Morgan fingerprint density at radius 1 is 0.680 bits per heavy atom. The predicted molar refractivity (Wildman–Crippen MR) is 101 cm³/mol. The van der Waals surface area contributed by atoms with Crippen molar-refractivity contribution in [2.75, 3.05) is 6.61 Å². The molecule has 2 nitrogen and oxygen atoms in total. The maximum Gasteiger partial charge on any atom is 1.00 e. The molecule has 0 aliphatic carbocycles. The van der Waals surface area contributed by atoms with Gasteiger partial charge in [-0.2, -0.15) is 0 Å². The molecule has 0 heterocycles. The van der Waals surface area contributed by atoms with E-state index in [4.69, 9.17) is 4.74 Å². The summed E-state index contributed by atoms with van der Waals surface area (Å²) in [5, 5.41) is 9.20. The Hall–Kier alpha value is 1.21. The summed E-state index contributed by atoms with van der Waals surface area (Å²) in [6.45, 7) is 6.56. The number of unbranched alkanes of at least 4 members (excludes halogenated alkanes) is 15. The van der Waals surface area contributed by atoms with E-state index in [0.29, 0.717) is 13.0 Å². The molecular weight excluding hydrogens is 343 g/mol. The van der Waals surface area contributed by atoms with Crippen LogP contribution in [0.25, 0.3) is 0 Å². The first-order chi connectivity index (χ1) is 11.3. The van der Waals surface area contributed by atoms with Crippen molar-refractivity contribution in [3.8, 4) is 0 Å². The molecule has 1 radical (unpaired) electrons. The Balaban J connectivity index is -0.00000242. The van der Waals surface area contributed by atoms with E-state index in [2.05, 4.69) is 13.8 Å². The van der Waals surface area contributed by atoms with E-state index in [9.17, 15) is 5.11 Å². The minimum absolute atomic E-state index is 0. The van der Waals surface area contributed by atoms with Gasteiger partial charge in [0, 0.05) is 6.61 Å². The molecule has 1 N–H and O–H groups in total. The van der Waals surface area contributed by atoms with Crippen molar-refractivity contribution >= 4 is 0 Å². The summed E-state index contributed by atoms with van der Waals surface area (Å²) in [5.74, 6) is 0. The fraction of sp³-hybridized carbons (Fsp3) is 0.952. The molecule has 0 aromatic rings. The first-order valence-corrected chi connectivity index (χ1v) is 10.4. The monoisotopic (exact) mass is 385 g/mol. The maximum absolute atomic E-state index is 9.20. The molecule has 0 fully saturated rings. The summed E-state index contributed by atoms with van der Waals surface area (Å²) in [6, 6.07) is 0. The van der Waals surface area contributed by atoms with Gasteiger partial charge >= 0.3 is 29.6 Å². The van der Waals surface area contributed by atoms with Gasteiger partial charge in [-0.3, -0.25) is 0 Å². The number of aliphatic hydroxyl groups is 1. The van der Waals surface area contributed by atoms with Gasteiger partial charge < -0.3 is 22.3 Å². The summed E-state index contributed by atoms with van der Waals surface area (Å²) in [6.07, 6.45) is 21.9. The third kappa shape index (κ3) is 27.5. The number of ether oxygens (including phenoxy) is 1. The van der Waals surface area contributed by atoms with Crippen molar-refractivity contribution in [1.82, 2.24) is 0 Å². The molecule has 0 saturated carbocycles. The number of aliphatic hydroxyl groups excluding tert-OH is 1. The molecule has 0 amide bonds. The zero-order chi connectivity index (χ0) is 17.0. The molecule has 1 atom stereocenters. The van der Waals surface area contributed by atoms with Crippen LogP contribution in [0.5, 0.6) is 0 Å². The van der Waals surface area contributed by atoms with Gasteiger partial charge in [0.2, 0.25) is 0 Å². The summed E-state index contributed by atoms with van der Waals surface area (Å²) in [4.78, 5) is 0. The number of hydrogen-bond acceptors (Lipinski definition) is 2. The van der Waals surface area contributed by atoms with Crippen molar-refractivity contribution in [3.05, 3.63) is 6.92 Å². The molecule has 25 heavy (non-hydrogen) atoms. The molecule has 147 valence electrons. The summed E-state index contributed by atoms with van der Waals surface area (Å²) < 4.78 is 5.20. The third-order valence-electron chi connectivity index (χ3n) is 4.56. The average molecular weight is 386 g/mol. The molecule has 0 saturated heterocycles. The van der Waals surface area contributed by atoms with Crippen LogP contribution in [0.1, 0.15) is 116 Å². The van der Waals surface area contributed by atoms with Gasteiger partial charge in [0.25, 0.3) is 0 Å². The summed E-state index contributed by atoms with van der Waals surface area (Å²) >= 11 is 0. The summed E-state index contributed by atoms with van der Waals surface area (Å²) in [5.41, 5.74) is 0. The van der Waals surface area contributed by atoms with Crippen LogP contribution >= 0.6 is 0 Å². The van der Waals surface area contributed by atoms with Crippen molar-refractivity contribution in [2.45, 2.75) is 122 Å². The van der Waals surface area contributed by atoms with Gasteiger partial charge in [0.15, 0.2) is 6.29 Å². The van der Waals surface area contributed by atoms with E-state index >= 15 is 0 Å². The van der Waals surface area contributed by atoms with Gasteiger partial charge in [-0.1, -0.05) is 103 Å². The molecule has 0 aromatic carbocycles. The number of hydrogen-bond donors (Lipinski definition) is 1. The van der Waals surface area contributed by atoms with Crippen LogP contribution in [0.15, 0.2) is 0 Å². The molecule has 0 aromatic heterocycles. The van der Waals surface area contributed by atoms with Crippen LogP contribution in [-0.4, -0.2) is 18.0 Å². The standard InChI is InChI=1S/C21H43O2.ClH.Na/c1-3-5-6-7-8-9-10-11-12-13-14-15-16-17-18-19-20-23-21(22)4-2;;/h21-22H,2-20H2,1H3;1H;/q;;+1/p-1. The molecule has 0 spiro atoms. The van der Waals surface area contributed by atoms with E-state index < -0.39 is 6.29 Å². The Morgan fingerprint density at radius 3 is 1.32 bits per heavy atom. The molecular formula is C21H43ClNaO2. The Bertz CT molecular complexity index is 218. The Labute approximate surface area is 187 Å². The van der Waals surface area contributed by atoms with Crippen LogP contribution in [-0.2, 0) is 4.74 Å². The largest absolute Gasteiger partial charge is 1.00 e. The van der Waals surface area contributed by atoms with E-state index in [1.165, 1.54) is 96.3 Å². The minimum atomic E-state index is -0.661. The number of rotatable bonds is 19. The smallest absolute Gasteiger partial charge is 1.00 e.